The van der Waals surface area contributed by atoms with Gasteiger partial charge >= 0.3 is 0 Å². The van der Waals surface area contributed by atoms with Gasteiger partial charge in [-0.05, 0) is 30.3 Å². The molecule has 7 heteroatoms. The molecular weight excluding hydrogens is 316 g/mol. The maximum Gasteiger partial charge on any atom is 0.259 e. The van der Waals surface area contributed by atoms with Crippen LogP contribution in [-0.2, 0) is 14.1 Å². The number of rotatable bonds is 3. The number of anilines is 1. The van der Waals surface area contributed by atoms with E-state index in [0.717, 1.165) is 16.6 Å². The van der Waals surface area contributed by atoms with Crippen LogP contribution in [0.2, 0.25) is 0 Å². The van der Waals surface area contributed by atoms with Crippen LogP contribution in [0.3, 0.4) is 0 Å². The third-order valence-electron chi connectivity index (χ3n) is 4.00. The summed E-state index contributed by atoms with van der Waals surface area (Å²) in [6, 6.07) is 11.3. The number of amides is 1. The molecule has 124 valence electrons. The average molecular weight is 332 g/mol. The highest BCUT2D eigenvalue weighted by Gasteiger charge is 2.19. The lowest BCUT2D eigenvalue weighted by atomic mass is 10.1. The largest absolute Gasteiger partial charge is 0.322 e. The van der Waals surface area contributed by atoms with Crippen molar-refractivity contribution < 1.29 is 4.79 Å². The summed E-state index contributed by atoms with van der Waals surface area (Å²) >= 11 is 0. The summed E-state index contributed by atoms with van der Waals surface area (Å²) < 4.78 is 3.32. The van der Waals surface area contributed by atoms with Crippen molar-refractivity contribution in [3.05, 3.63) is 60.6 Å². The lowest BCUT2D eigenvalue weighted by molar-refractivity contribution is 0.102. The molecule has 0 saturated carbocycles. The molecular formula is C18H16N6O. The van der Waals surface area contributed by atoms with E-state index in [0.29, 0.717) is 16.9 Å². The second-order valence-corrected chi connectivity index (χ2v) is 5.77. The Hall–Kier alpha value is -3.48. The molecule has 1 amide bonds. The molecule has 3 aromatic heterocycles. The minimum atomic E-state index is -0.215. The maximum atomic E-state index is 12.8. The number of aryl methyl sites for hydroxylation is 2. The molecule has 0 radical (unpaired) electrons. The van der Waals surface area contributed by atoms with Crippen molar-refractivity contribution in [1.82, 2.24) is 24.5 Å². The molecule has 0 fully saturated rings. The number of nitrogens with zero attached hydrogens (tertiary/aromatic N) is 5. The number of fused-ring (bicyclic) bond motifs is 1. The van der Waals surface area contributed by atoms with E-state index in [1.165, 1.54) is 0 Å². The predicted octanol–water partition coefficient (Wildman–Crippen LogP) is 2.62. The fraction of sp³-hybridized carbons (Fsp3) is 0.111. The summed E-state index contributed by atoms with van der Waals surface area (Å²) in [5.74, 6) is -0.215. The lowest BCUT2D eigenvalue weighted by Crippen LogP contribution is -2.12. The highest BCUT2D eigenvalue weighted by atomic mass is 16.1. The van der Waals surface area contributed by atoms with Crippen molar-refractivity contribution in [2.75, 3.05) is 5.32 Å². The SMILES string of the molecule is Cn1cc(C(=O)Nc2ccc3ncccc3c2)c(-c2ccnn2C)n1. The van der Waals surface area contributed by atoms with Crippen molar-refractivity contribution >= 4 is 22.5 Å². The second kappa shape index (κ2) is 5.86. The van der Waals surface area contributed by atoms with Crippen LogP contribution in [0.25, 0.3) is 22.3 Å². The first-order valence-electron chi connectivity index (χ1n) is 7.80. The first-order chi connectivity index (χ1) is 12.1. The fourth-order valence-corrected chi connectivity index (χ4v) is 2.80. The Labute approximate surface area is 143 Å². The van der Waals surface area contributed by atoms with Gasteiger partial charge in [0.05, 0.1) is 16.8 Å². The van der Waals surface area contributed by atoms with Crippen molar-refractivity contribution in [2.24, 2.45) is 14.1 Å². The Kier molecular flexibility index (Phi) is 3.53. The maximum absolute atomic E-state index is 12.8. The van der Waals surface area contributed by atoms with E-state index in [-0.39, 0.29) is 5.91 Å². The van der Waals surface area contributed by atoms with Crippen LogP contribution in [0, 0.1) is 0 Å². The van der Waals surface area contributed by atoms with Gasteiger partial charge in [0.1, 0.15) is 5.69 Å². The number of nitrogens with one attached hydrogen (secondary N) is 1. The van der Waals surface area contributed by atoms with Gasteiger partial charge in [0.15, 0.2) is 0 Å². The summed E-state index contributed by atoms with van der Waals surface area (Å²) in [7, 11) is 3.61. The molecule has 1 N–H and O–H groups in total. The monoisotopic (exact) mass is 332 g/mol. The molecule has 0 spiro atoms. The van der Waals surface area contributed by atoms with Gasteiger partial charge in [-0.1, -0.05) is 6.07 Å². The quantitative estimate of drug-likeness (QED) is 0.625. The number of pyridine rings is 1. The van der Waals surface area contributed by atoms with E-state index in [1.807, 2.05) is 43.4 Å². The van der Waals surface area contributed by atoms with Gasteiger partial charge in [0.25, 0.3) is 5.91 Å². The molecule has 0 atom stereocenters. The van der Waals surface area contributed by atoms with Gasteiger partial charge in [-0.15, -0.1) is 0 Å². The van der Waals surface area contributed by atoms with Crippen molar-refractivity contribution in [2.45, 2.75) is 0 Å². The standard InChI is InChI=1S/C18H16N6O/c1-23-11-14(17(22-23)16-7-9-20-24(16)2)18(25)21-13-5-6-15-12(10-13)4-3-8-19-15/h3-11H,1-2H3,(H,21,25). The molecule has 0 aliphatic carbocycles. The Bertz CT molecular complexity index is 1080. The van der Waals surface area contributed by atoms with Gasteiger partial charge in [-0.2, -0.15) is 10.2 Å². The van der Waals surface area contributed by atoms with Gasteiger partial charge in [0, 0.05) is 43.8 Å². The van der Waals surface area contributed by atoms with Gasteiger partial charge < -0.3 is 5.32 Å². The molecule has 0 aliphatic rings. The summed E-state index contributed by atoms with van der Waals surface area (Å²) in [5, 5.41) is 12.5. The normalized spacial score (nSPS) is 11.0. The Morgan fingerprint density at radius 1 is 1.12 bits per heavy atom. The first kappa shape index (κ1) is 15.1. The van der Waals surface area contributed by atoms with Crippen LogP contribution >= 0.6 is 0 Å². The third kappa shape index (κ3) is 2.76. The second-order valence-electron chi connectivity index (χ2n) is 5.77. The van der Waals surface area contributed by atoms with Gasteiger partial charge in [-0.3, -0.25) is 19.1 Å². The molecule has 3 heterocycles. The van der Waals surface area contributed by atoms with Crippen LogP contribution in [0.4, 0.5) is 5.69 Å². The van der Waals surface area contributed by atoms with Crippen LogP contribution in [0.5, 0.6) is 0 Å². The van der Waals surface area contributed by atoms with Crippen LogP contribution < -0.4 is 5.32 Å². The molecule has 1 aromatic carbocycles. The van der Waals surface area contributed by atoms with Crippen LogP contribution in [0.15, 0.2) is 55.0 Å². The molecule has 4 aromatic rings. The number of aromatic nitrogens is 5. The van der Waals surface area contributed by atoms with Crippen molar-refractivity contribution in [3.8, 4) is 11.4 Å². The summed E-state index contributed by atoms with van der Waals surface area (Å²) in [6.07, 6.45) is 5.14. The molecule has 0 aliphatic heterocycles. The van der Waals surface area contributed by atoms with Crippen molar-refractivity contribution in [1.29, 1.82) is 0 Å². The van der Waals surface area contributed by atoms with E-state index in [2.05, 4.69) is 20.5 Å². The van der Waals surface area contributed by atoms with E-state index in [4.69, 9.17) is 0 Å². The average Bonchev–Trinajstić information content (AvgIpc) is 3.20. The molecule has 0 saturated heterocycles. The predicted molar refractivity (Wildman–Crippen MR) is 95.1 cm³/mol. The third-order valence-corrected chi connectivity index (χ3v) is 4.00. The number of carbonyl (C=O) groups excluding carboxylic acids is 1. The summed E-state index contributed by atoms with van der Waals surface area (Å²) in [5.41, 5.74) is 3.48. The summed E-state index contributed by atoms with van der Waals surface area (Å²) in [6.45, 7) is 0. The smallest absolute Gasteiger partial charge is 0.259 e. The first-order valence-corrected chi connectivity index (χ1v) is 7.80. The number of benzene rings is 1. The van der Waals surface area contributed by atoms with Crippen molar-refractivity contribution in [3.63, 3.8) is 0 Å². The fourth-order valence-electron chi connectivity index (χ4n) is 2.80. The number of hydrogen-bond acceptors (Lipinski definition) is 4. The lowest BCUT2D eigenvalue weighted by Gasteiger charge is -2.07. The minimum absolute atomic E-state index is 0.215. The zero-order valence-electron chi connectivity index (χ0n) is 13.8. The molecule has 7 nitrogen and oxygen atoms in total. The number of carbonyl (C=O) groups is 1. The number of hydrogen-bond donors (Lipinski definition) is 1. The Balaban J connectivity index is 1.68. The van der Waals surface area contributed by atoms with Gasteiger partial charge in [0.2, 0.25) is 0 Å². The highest BCUT2D eigenvalue weighted by molar-refractivity contribution is 6.08. The zero-order valence-corrected chi connectivity index (χ0v) is 13.8. The Morgan fingerprint density at radius 2 is 2.00 bits per heavy atom. The zero-order chi connectivity index (χ0) is 17.4. The van der Waals surface area contributed by atoms with E-state index < -0.39 is 0 Å². The topological polar surface area (TPSA) is 77.6 Å². The van der Waals surface area contributed by atoms with Gasteiger partial charge in [-0.25, -0.2) is 0 Å². The van der Waals surface area contributed by atoms with Crippen LogP contribution in [0.1, 0.15) is 10.4 Å². The molecule has 0 bridgehead atoms. The molecule has 25 heavy (non-hydrogen) atoms. The Morgan fingerprint density at radius 3 is 2.80 bits per heavy atom. The summed E-state index contributed by atoms with van der Waals surface area (Å²) in [4.78, 5) is 17.1. The minimum Gasteiger partial charge on any atom is -0.322 e. The highest BCUT2D eigenvalue weighted by Crippen LogP contribution is 2.23. The molecule has 4 rings (SSSR count). The van der Waals surface area contributed by atoms with E-state index in [9.17, 15) is 4.79 Å². The van der Waals surface area contributed by atoms with E-state index >= 15 is 0 Å². The molecule has 0 unspecified atom stereocenters. The van der Waals surface area contributed by atoms with E-state index in [1.54, 1.807) is 35.0 Å². The van der Waals surface area contributed by atoms with Crippen LogP contribution in [-0.4, -0.2) is 30.5 Å².